The average molecular weight is 238 g/mol. The first-order chi connectivity index (χ1) is 8.01. The predicted molar refractivity (Wildman–Crippen MR) is 69.1 cm³/mol. The van der Waals surface area contributed by atoms with Crippen LogP contribution in [0.4, 0.5) is 0 Å². The van der Waals surface area contributed by atoms with Crippen LogP contribution >= 0.6 is 0 Å². The fraction of sp³-hybridized carbons (Fsp3) is 0.538. The standard InChI is InChI=1S/C13H22N2O2/c1-8(2)9-4-5-12(17-3)10(6-9)13(15)11(16)7-14/h4-6,8,11,13,16H,7,14-15H2,1-3H3. The van der Waals surface area contributed by atoms with Crippen LogP contribution in [0.25, 0.3) is 0 Å². The monoisotopic (exact) mass is 238 g/mol. The maximum Gasteiger partial charge on any atom is 0.123 e. The fourth-order valence-corrected chi connectivity index (χ4v) is 1.73. The number of methoxy groups -OCH3 is 1. The lowest BCUT2D eigenvalue weighted by Gasteiger charge is -2.21. The molecule has 0 fully saturated rings. The molecule has 1 aromatic rings. The van der Waals surface area contributed by atoms with Crippen molar-refractivity contribution in [2.45, 2.75) is 31.9 Å². The Labute approximate surface area is 103 Å². The summed E-state index contributed by atoms with van der Waals surface area (Å²) < 4.78 is 5.26. The summed E-state index contributed by atoms with van der Waals surface area (Å²) in [6, 6.07) is 5.35. The van der Waals surface area contributed by atoms with Gasteiger partial charge in [-0.2, -0.15) is 0 Å². The second-order valence-corrected chi connectivity index (χ2v) is 4.48. The van der Waals surface area contributed by atoms with Gasteiger partial charge in [-0.3, -0.25) is 0 Å². The maximum absolute atomic E-state index is 9.72. The summed E-state index contributed by atoms with van der Waals surface area (Å²) in [5.74, 6) is 1.09. The zero-order valence-corrected chi connectivity index (χ0v) is 10.7. The molecule has 0 spiro atoms. The third-order valence-corrected chi connectivity index (χ3v) is 2.94. The first kappa shape index (κ1) is 14.0. The highest BCUT2D eigenvalue weighted by Gasteiger charge is 2.20. The van der Waals surface area contributed by atoms with Crippen LogP contribution in [0.15, 0.2) is 18.2 Å². The molecule has 1 rings (SSSR count). The Hall–Kier alpha value is -1.10. The van der Waals surface area contributed by atoms with Crippen LogP contribution in [0, 0.1) is 0 Å². The third-order valence-electron chi connectivity index (χ3n) is 2.94. The van der Waals surface area contributed by atoms with Gasteiger partial charge in [-0.05, 0) is 17.5 Å². The molecule has 17 heavy (non-hydrogen) atoms. The van der Waals surface area contributed by atoms with Crippen molar-refractivity contribution in [3.63, 3.8) is 0 Å². The number of hydrogen-bond acceptors (Lipinski definition) is 4. The summed E-state index contributed by atoms with van der Waals surface area (Å²) in [6.45, 7) is 4.35. The fourth-order valence-electron chi connectivity index (χ4n) is 1.73. The van der Waals surface area contributed by atoms with Gasteiger partial charge in [0.05, 0.1) is 19.3 Å². The Balaban J connectivity index is 3.13. The van der Waals surface area contributed by atoms with Crippen LogP contribution in [0.3, 0.4) is 0 Å². The van der Waals surface area contributed by atoms with E-state index in [1.54, 1.807) is 7.11 Å². The number of ether oxygens (including phenoxy) is 1. The smallest absolute Gasteiger partial charge is 0.123 e. The second kappa shape index (κ2) is 6.00. The van der Waals surface area contributed by atoms with Gasteiger partial charge in [0.2, 0.25) is 0 Å². The molecule has 2 unspecified atom stereocenters. The molecule has 0 radical (unpaired) electrons. The van der Waals surface area contributed by atoms with Crippen molar-refractivity contribution in [3.8, 4) is 5.75 Å². The lowest BCUT2D eigenvalue weighted by molar-refractivity contribution is 0.151. The van der Waals surface area contributed by atoms with Crippen molar-refractivity contribution in [2.24, 2.45) is 11.5 Å². The quantitative estimate of drug-likeness (QED) is 0.718. The third kappa shape index (κ3) is 3.19. The number of nitrogens with two attached hydrogens (primary N) is 2. The van der Waals surface area contributed by atoms with Crippen molar-refractivity contribution >= 4 is 0 Å². The van der Waals surface area contributed by atoms with Crippen LogP contribution in [0.2, 0.25) is 0 Å². The molecule has 0 aliphatic rings. The summed E-state index contributed by atoms with van der Waals surface area (Å²) >= 11 is 0. The van der Waals surface area contributed by atoms with Gasteiger partial charge in [0.25, 0.3) is 0 Å². The largest absolute Gasteiger partial charge is 0.496 e. The van der Waals surface area contributed by atoms with Gasteiger partial charge in [-0.15, -0.1) is 0 Å². The average Bonchev–Trinajstić information content (AvgIpc) is 2.35. The zero-order chi connectivity index (χ0) is 13.0. The number of aliphatic hydroxyl groups is 1. The van der Waals surface area contributed by atoms with E-state index in [1.807, 2.05) is 18.2 Å². The van der Waals surface area contributed by atoms with Gasteiger partial charge in [0.15, 0.2) is 0 Å². The number of aliphatic hydroxyl groups excluding tert-OH is 1. The van der Waals surface area contributed by atoms with E-state index in [0.717, 1.165) is 5.56 Å². The minimum absolute atomic E-state index is 0.135. The minimum atomic E-state index is -0.758. The summed E-state index contributed by atoms with van der Waals surface area (Å²) in [7, 11) is 1.59. The highest BCUT2D eigenvalue weighted by Crippen LogP contribution is 2.29. The molecule has 0 saturated heterocycles. The number of rotatable bonds is 5. The molecule has 1 aromatic carbocycles. The van der Waals surface area contributed by atoms with E-state index in [2.05, 4.69) is 13.8 Å². The lowest BCUT2D eigenvalue weighted by atomic mass is 9.95. The lowest BCUT2D eigenvalue weighted by Crippen LogP contribution is -2.33. The molecule has 0 amide bonds. The van der Waals surface area contributed by atoms with E-state index < -0.39 is 12.1 Å². The van der Waals surface area contributed by atoms with Crippen LogP contribution in [0.1, 0.15) is 36.9 Å². The zero-order valence-electron chi connectivity index (χ0n) is 10.7. The summed E-state index contributed by atoms with van der Waals surface area (Å²) in [5, 5.41) is 9.72. The van der Waals surface area contributed by atoms with Gasteiger partial charge >= 0.3 is 0 Å². The van der Waals surface area contributed by atoms with E-state index >= 15 is 0 Å². The van der Waals surface area contributed by atoms with Crippen molar-refractivity contribution in [2.75, 3.05) is 13.7 Å². The second-order valence-electron chi connectivity index (χ2n) is 4.48. The van der Waals surface area contributed by atoms with E-state index in [0.29, 0.717) is 11.7 Å². The Bertz CT molecular complexity index is 366. The Kier molecular flexibility index (Phi) is 4.93. The molecule has 0 aromatic heterocycles. The van der Waals surface area contributed by atoms with Gasteiger partial charge in [0.1, 0.15) is 5.75 Å². The molecule has 0 aliphatic carbocycles. The highest BCUT2D eigenvalue weighted by molar-refractivity contribution is 5.40. The number of hydrogen-bond donors (Lipinski definition) is 3. The molecular weight excluding hydrogens is 216 g/mol. The first-order valence-corrected chi connectivity index (χ1v) is 5.82. The van der Waals surface area contributed by atoms with Crippen molar-refractivity contribution in [3.05, 3.63) is 29.3 Å². The molecule has 0 saturated carbocycles. The van der Waals surface area contributed by atoms with E-state index in [-0.39, 0.29) is 6.54 Å². The van der Waals surface area contributed by atoms with Crippen molar-refractivity contribution < 1.29 is 9.84 Å². The Morgan fingerprint density at radius 3 is 2.47 bits per heavy atom. The topological polar surface area (TPSA) is 81.5 Å². The summed E-state index contributed by atoms with van der Waals surface area (Å²) in [6.07, 6.45) is -0.758. The molecule has 0 bridgehead atoms. The van der Waals surface area contributed by atoms with Crippen LogP contribution in [0.5, 0.6) is 5.75 Å². The van der Waals surface area contributed by atoms with E-state index in [1.165, 1.54) is 5.56 Å². The molecule has 0 aliphatic heterocycles. The van der Waals surface area contributed by atoms with Gasteiger partial charge in [0, 0.05) is 12.1 Å². The number of benzene rings is 1. The van der Waals surface area contributed by atoms with Gasteiger partial charge in [-0.25, -0.2) is 0 Å². The van der Waals surface area contributed by atoms with E-state index in [9.17, 15) is 5.11 Å². The van der Waals surface area contributed by atoms with Crippen LogP contribution < -0.4 is 16.2 Å². The molecular formula is C13H22N2O2. The molecule has 5 N–H and O–H groups in total. The van der Waals surface area contributed by atoms with Crippen molar-refractivity contribution in [1.82, 2.24) is 0 Å². The van der Waals surface area contributed by atoms with Crippen LogP contribution in [-0.4, -0.2) is 24.9 Å². The van der Waals surface area contributed by atoms with Gasteiger partial charge < -0.3 is 21.3 Å². The Morgan fingerprint density at radius 1 is 1.35 bits per heavy atom. The molecule has 2 atom stereocenters. The first-order valence-electron chi connectivity index (χ1n) is 5.82. The molecule has 4 heteroatoms. The molecule has 0 heterocycles. The summed E-state index contributed by atoms with van der Waals surface area (Å²) in [4.78, 5) is 0. The Morgan fingerprint density at radius 2 is 2.00 bits per heavy atom. The van der Waals surface area contributed by atoms with Gasteiger partial charge in [-0.1, -0.05) is 26.0 Å². The summed E-state index contributed by atoms with van der Waals surface area (Å²) in [5.41, 5.74) is 13.4. The molecule has 4 nitrogen and oxygen atoms in total. The normalized spacial score (nSPS) is 14.8. The SMILES string of the molecule is COc1ccc(C(C)C)cc1C(N)C(O)CN. The maximum atomic E-state index is 9.72. The minimum Gasteiger partial charge on any atom is -0.496 e. The predicted octanol–water partition coefficient (Wildman–Crippen LogP) is 1.14. The van der Waals surface area contributed by atoms with Crippen molar-refractivity contribution in [1.29, 1.82) is 0 Å². The highest BCUT2D eigenvalue weighted by atomic mass is 16.5. The molecule has 96 valence electrons. The van der Waals surface area contributed by atoms with E-state index in [4.69, 9.17) is 16.2 Å². The van der Waals surface area contributed by atoms with Crippen LogP contribution in [-0.2, 0) is 0 Å².